The Hall–Kier alpha value is -2.53. The van der Waals surface area contributed by atoms with Crippen molar-refractivity contribution in [2.45, 2.75) is 6.61 Å². The van der Waals surface area contributed by atoms with Crippen molar-refractivity contribution in [3.8, 4) is 0 Å². The molecule has 98 valence electrons. The summed E-state index contributed by atoms with van der Waals surface area (Å²) in [4.78, 5) is 11.6. The molecule has 0 saturated heterocycles. The van der Waals surface area contributed by atoms with Gasteiger partial charge in [0, 0.05) is 11.4 Å². The molecule has 1 amide bonds. The normalized spacial score (nSPS) is 9.74. The molecule has 0 atom stereocenters. The quantitative estimate of drug-likeness (QED) is 0.581. The fourth-order valence-corrected chi connectivity index (χ4v) is 1.53. The molecule has 2 rings (SSSR count). The number of hydrazine groups is 1. The van der Waals surface area contributed by atoms with Gasteiger partial charge in [0.05, 0.1) is 0 Å². The van der Waals surface area contributed by atoms with Crippen molar-refractivity contribution in [2.75, 3.05) is 10.7 Å². The molecule has 0 aliphatic rings. The number of anilines is 2. The van der Waals surface area contributed by atoms with Crippen LogP contribution in [-0.4, -0.2) is 6.09 Å². The van der Waals surface area contributed by atoms with Crippen molar-refractivity contribution < 1.29 is 9.53 Å². The second-order valence-corrected chi connectivity index (χ2v) is 3.91. The molecular formula is C14H15N3O2. The van der Waals surface area contributed by atoms with Gasteiger partial charge in [0.2, 0.25) is 0 Å². The molecule has 5 nitrogen and oxygen atoms in total. The van der Waals surface area contributed by atoms with Crippen LogP contribution in [0, 0.1) is 0 Å². The molecule has 4 N–H and O–H groups in total. The molecule has 0 heterocycles. The number of hydrogen-bond acceptors (Lipinski definition) is 4. The van der Waals surface area contributed by atoms with E-state index >= 15 is 0 Å². The van der Waals surface area contributed by atoms with Crippen LogP contribution in [0.5, 0.6) is 0 Å². The Bertz CT molecular complexity index is 526. The van der Waals surface area contributed by atoms with Crippen molar-refractivity contribution in [3.05, 3.63) is 60.2 Å². The number of carbonyl (C=O) groups is 1. The first-order valence-electron chi connectivity index (χ1n) is 5.82. The highest BCUT2D eigenvalue weighted by atomic mass is 16.5. The number of carbonyl (C=O) groups excluding carboxylic acids is 1. The fourth-order valence-electron chi connectivity index (χ4n) is 1.53. The highest BCUT2D eigenvalue weighted by Gasteiger charge is 2.03. The van der Waals surface area contributed by atoms with Gasteiger partial charge in [-0.25, -0.2) is 4.79 Å². The number of ether oxygens (including phenoxy) is 1. The molecular weight excluding hydrogens is 242 g/mol. The van der Waals surface area contributed by atoms with Gasteiger partial charge in [-0.3, -0.25) is 11.2 Å². The lowest BCUT2D eigenvalue weighted by atomic mass is 10.2. The number of rotatable bonds is 4. The molecule has 0 bridgehead atoms. The van der Waals surface area contributed by atoms with Crippen LogP contribution in [-0.2, 0) is 11.3 Å². The number of benzene rings is 2. The number of amides is 1. The summed E-state index contributed by atoms with van der Waals surface area (Å²) in [6.07, 6.45) is -0.489. The molecule has 0 aliphatic heterocycles. The average Bonchev–Trinajstić information content (AvgIpc) is 2.47. The number of nitrogens with one attached hydrogen (secondary N) is 2. The lowest BCUT2D eigenvalue weighted by molar-refractivity contribution is 0.155. The third-order valence-corrected chi connectivity index (χ3v) is 2.51. The van der Waals surface area contributed by atoms with Gasteiger partial charge >= 0.3 is 6.09 Å². The molecule has 0 aromatic heterocycles. The predicted molar refractivity (Wildman–Crippen MR) is 74.5 cm³/mol. The zero-order valence-corrected chi connectivity index (χ0v) is 10.3. The van der Waals surface area contributed by atoms with E-state index in [1.54, 1.807) is 24.3 Å². The molecule has 2 aromatic rings. The third-order valence-electron chi connectivity index (χ3n) is 2.51. The van der Waals surface area contributed by atoms with E-state index in [2.05, 4.69) is 10.7 Å². The van der Waals surface area contributed by atoms with E-state index in [-0.39, 0.29) is 6.61 Å². The van der Waals surface area contributed by atoms with Crippen molar-refractivity contribution in [3.63, 3.8) is 0 Å². The lowest BCUT2D eigenvalue weighted by Gasteiger charge is -2.07. The highest BCUT2D eigenvalue weighted by Crippen LogP contribution is 2.12. The second kappa shape index (κ2) is 6.42. The van der Waals surface area contributed by atoms with E-state index in [9.17, 15) is 4.79 Å². The van der Waals surface area contributed by atoms with Crippen molar-refractivity contribution in [2.24, 2.45) is 5.84 Å². The highest BCUT2D eigenvalue weighted by molar-refractivity contribution is 5.84. The monoisotopic (exact) mass is 257 g/mol. The molecule has 0 saturated carbocycles. The summed E-state index contributed by atoms with van der Waals surface area (Å²) in [6, 6.07) is 16.5. The van der Waals surface area contributed by atoms with Gasteiger partial charge in [-0.05, 0) is 29.8 Å². The molecule has 0 aliphatic carbocycles. The standard InChI is InChI=1S/C14H15N3O2/c15-17-13-8-6-12(7-9-13)16-14(18)19-10-11-4-2-1-3-5-11/h1-9,17H,10,15H2,(H,16,18). The Balaban J connectivity index is 1.83. The van der Waals surface area contributed by atoms with E-state index in [1.165, 1.54) is 0 Å². The first-order valence-corrected chi connectivity index (χ1v) is 5.82. The minimum Gasteiger partial charge on any atom is -0.444 e. The number of hydrogen-bond donors (Lipinski definition) is 3. The summed E-state index contributed by atoms with van der Waals surface area (Å²) >= 11 is 0. The molecule has 0 radical (unpaired) electrons. The van der Waals surface area contributed by atoms with Crippen LogP contribution in [0.15, 0.2) is 54.6 Å². The van der Waals surface area contributed by atoms with E-state index in [0.717, 1.165) is 11.3 Å². The summed E-state index contributed by atoms with van der Waals surface area (Å²) in [5.41, 5.74) is 4.87. The van der Waals surface area contributed by atoms with Crippen molar-refractivity contribution in [1.82, 2.24) is 0 Å². The van der Waals surface area contributed by atoms with Crippen LogP contribution < -0.4 is 16.6 Å². The maximum atomic E-state index is 11.6. The first-order chi connectivity index (χ1) is 9.28. The molecule has 5 heteroatoms. The van der Waals surface area contributed by atoms with Gasteiger partial charge in [0.15, 0.2) is 0 Å². The van der Waals surface area contributed by atoms with Gasteiger partial charge in [-0.1, -0.05) is 30.3 Å². The second-order valence-electron chi connectivity index (χ2n) is 3.91. The Labute approximate surface area is 111 Å². The zero-order valence-electron chi connectivity index (χ0n) is 10.3. The molecule has 0 fully saturated rings. The Kier molecular flexibility index (Phi) is 4.36. The average molecular weight is 257 g/mol. The summed E-state index contributed by atoms with van der Waals surface area (Å²) in [7, 11) is 0. The Morgan fingerprint density at radius 1 is 1.00 bits per heavy atom. The maximum Gasteiger partial charge on any atom is 0.411 e. The van der Waals surface area contributed by atoms with E-state index in [0.29, 0.717) is 5.69 Å². The van der Waals surface area contributed by atoms with Gasteiger partial charge in [0.1, 0.15) is 6.61 Å². The van der Waals surface area contributed by atoms with Crippen LogP contribution in [0.3, 0.4) is 0 Å². The van der Waals surface area contributed by atoms with Gasteiger partial charge in [-0.15, -0.1) is 0 Å². The zero-order chi connectivity index (χ0) is 13.5. The Morgan fingerprint density at radius 2 is 1.63 bits per heavy atom. The number of nitrogen functional groups attached to an aromatic ring is 1. The minimum atomic E-state index is -0.489. The SMILES string of the molecule is NNc1ccc(NC(=O)OCc2ccccc2)cc1. The van der Waals surface area contributed by atoms with E-state index in [4.69, 9.17) is 10.6 Å². The largest absolute Gasteiger partial charge is 0.444 e. The number of nitrogens with two attached hydrogens (primary N) is 1. The van der Waals surface area contributed by atoms with Crippen molar-refractivity contribution in [1.29, 1.82) is 0 Å². The third kappa shape index (κ3) is 4.01. The summed E-state index contributed by atoms with van der Waals surface area (Å²) in [6.45, 7) is 0.245. The predicted octanol–water partition coefficient (Wildman–Crippen LogP) is 2.72. The van der Waals surface area contributed by atoms with Gasteiger partial charge in [0.25, 0.3) is 0 Å². The van der Waals surface area contributed by atoms with E-state index < -0.39 is 6.09 Å². The maximum absolute atomic E-state index is 11.6. The first kappa shape index (κ1) is 12.9. The fraction of sp³-hybridized carbons (Fsp3) is 0.0714. The Morgan fingerprint density at radius 3 is 2.26 bits per heavy atom. The smallest absolute Gasteiger partial charge is 0.411 e. The van der Waals surface area contributed by atoms with Gasteiger partial charge in [-0.2, -0.15) is 0 Å². The summed E-state index contributed by atoms with van der Waals surface area (Å²) < 4.78 is 5.10. The molecule has 2 aromatic carbocycles. The minimum absolute atomic E-state index is 0.245. The molecule has 0 unspecified atom stereocenters. The molecule has 0 spiro atoms. The van der Waals surface area contributed by atoms with Gasteiger partial charge < -0.3 is 10.2 Å². The van der Waals surface area contributed by atoms with Crippen LogP contribution in [0.1, 0.15) is 5.56 Å². The molecule has 19 heavy (non-hydrogen) atoms. The topological polar surface area (TPSA) is 76.4 Å². The van der Waals surface area contributed by atoms with Crippen LogP contribution in [0.25, 0.3) is 0 Å². The van der Waals surface area contributed by atoms with Crippen LogP contribution in [0.2, 0.25) is 0 Å². The van der Waals surface area contributed by atoms with Crippen LogP contribution in [0.4, 0.5) is 16.2 Å². The van der Waals surface area contributed by atoms with Crippen LogP contribution >= 0.6 is 0 Å². The van der Waals surface area contributed by atoms with Crippen molar-refractivity contribution >= 4 is 17.5 Å². The summed E-state index contributed by atoms with van der Waals surface area (Å²) in [5, 5.41) is 2.63. The van der Waals surface area contributed by atoms with E-state index in [1.807, 2.05) is 30.3 Å². The summed E-state index contributed by atoms with van der Waals surface area (Å²) in [5.74, 6) is 5.25. The lowest BCUT2D eigenvalue weighted by Crippen LogP contribution is -2.13.